The highest BCUT2D eigenvalue weighted by Gasteiger charge is 2.38. The fourth-order valence-corrected chi connectivity index (χ4v) is 3.00. The molecule has 3 aromatic rings. The average molecular weight is 454 g/mol. The van der Waals surface area contributed by atoms with E-state index in [0.717, 1.165) is 0 Å². The van der Waals surface area contributed by atoms with E-state index in [1.165, 1.54) is 30.3 Å². The Bertz CT molecular complexity index is 1010. The molecule has 0 atom stereocenters. The summed E-state index contributed by atoms with van der Waals surface area (Å²) >= 11 is 3.26. The Hall–Kier alpha value is -2.81. The van der Waals surface area contributed by atoms with Crippen molar-refractivity contribution >= 4 is 21.9 Å². The Labute approximate surface area is 167 Å². The zero-order valence-electron chi connectivity index (χ0n) is 14.6. The van der Waals surface area contributed by atoms with E-state index in [4.69, 9.17) is 10.5 Å². The maximum absolute atomic E-state index is 13.7. The molecule has 0 fully saturated rings. The van der Waals surface area contributed by atoms with Crippen LogP contribution in [0.2, 0.25) is 0 Å². The van der Waals surface area contributed by atoms with E-state index < -0.39 is 17.8 Å². The van der Waals surface area contributed by atoms with Crippen LogP contribution in [0.5, 0.6) is 11.5 Å². The predicted octanol–water partition coefficient (Wildman–Crippen LogP) is 5.28. The number of hydrogen-bond donors (Lipinski definition) is 2. The highest BCUT2D eigenvalue weighted by molar-refractivity contribution is 9.10. The molecule has 1 aromatic heterocycles. The first-order valence-electron chi connectivity index (χ1n) is 8.17. The minimum Gasteiger partial charge on any atom is -0.507 e. The van der Waals surface area contributed by atoms with Crippen molar-refractivity contribution in [2.75, 3.05) is 12.3 Å². The van der Waals surface area contributed by atoms with Crippen LogP contribution in [0.15, 0.2) is 46.9 Å². The summed E-state index contributed by atoms with van der Waals surface area (Å²) in [4.78, 5) is 7.44. The fraction of sp³-hybridized carbons (Fsp3) is 0.158. The van der Waals surface area contributed by atoms with Crippen LogP contribution in [0.3, 0.4) is 0 Å². The lowest BCUT2D eigenvalue weighted by molar-refractivity contribution is -0.140. The van der Waals surface area contributed by atoms with Crippen molar-refractivity contribution in [1.29, 1.82) is 0 Å². The molecule has 0 saturated carbocycles. The summed E-state index contributed by atoms with van der Waals surface area (Å²) in [5.74, 6) is -0.445. The van der Waals surface area contributed by atoms with Crippen LogP contribution in [0, 0.1) is 0 Å². The minimum atomic E-state index is -4.77. The van der Waals surface area contributed by atoms with Gasteiger partial charge in [-0.2, -0.15) is 13.2 Å². The van der Waals surface area contributed by atoms with E-state index in [-0.39, 0.29) is 28.1 Å². The molecule has 3 rings (SSSR count). The van der Waals surface area contributed by atoms with Crippen LogP contribution in [-0.2, 0) is 6.18 Å². The Morgan fingerprint density at radius 1 is 1.11 bits per heavy atom. The lowest BCUT2D eigenvalue weighted by Gasteiger charge is -2.17. The summed E-state index contributed by atoms with van der Waals surface area (Å²) in [7, 11) is 0. The van der Waals surface area contributed by atoms with Gasteiger partial charge in [0, 0.05) is 21.7 Å². The molecule has 0 amide bonds. The second-order valence-electron chi connectivity index (χ2n) is 5.77. The van der Waals surface area contributed by atoms with Crippen molar-refractivity contribution in [1.82, 2.24) is 9.97 Å². The summed E-state index contributed by atoms with van der Waals surface area (Å²) in [5.41, 5.74) is 4.31. The molecule has 1 heterocycles. The SMILES string of the molecule is CCOc1ccc(-c2nc(N)nc(C(F)(F)F)c2-c2ccc(Br)cc2)c(O)c1. The highest BCUT2D eigenvalue weighted by atomic mass is 79.9. The van der Waals surface area contributed by atoms with Crippen molar-refractivity contribution in [3.05, 3.63) is 52.6 Å². The first-order chi connectivity index (χ1) is 13.2. The van der Waals surface area contributed by atoms with Gasteiger partial charge >= 0.3 is 6.18 Å². The monoisotopic (exact) mass is 453 g/mol. The first-order valence-corrected chi connectivity index (χ1v) is 8.96. The standard InChI is InChI=1S/C19H15BrF3N3O2/c1-2-28-12-7-8-13(14(27)9-12)16-15(10-3-5-11(20)6-4-10)17(19(21,22)23)26-18(24)25-16/h3-9,27H,2H2,1H3,(H2,24,25,26). The Balaban J connectivity index is 2.32. The highest BCUT2D eigenvalue weighted by Crippen LogP contribution is 2.43. The maximum Gasteiger partial charge on any atom is 0.434 e. The average Bonchev–Trinajstić information content (AvgIpc) is 2.62. The third kappa shape index (κ3) is 4.04. The van der Waals surface area contributed by atoms with Crippen molar-refractivity contribution in [2.45, 2.75) is 13.1 Å². The number of halogens is 4. The third-order valence-corrected chi connectivity index (χ3v) is 4.39. The summed E-state index contributed by atoms with van der Waals surface area (Å²) in [6, 6.07) is 10.5. The van der Waals surface area contributed by atoms with E-state index in [1.54, 1.807) is 19.1 Å². The lowest BCUT2D eigenvalue weighted by atomic mass is 9.96. The van der Waals surface area contributed by atoms with Crippen molar-refractivity contribution in [3.8, 4) is 33.9 Å². The first kappa shape index (κ1) is 19.9. The van der Waals surface area contributed by atoms with Crippen LogP contribution >= 0.6 is 15.9 Å². The molecule has 0 aliphatic rings. The maximum atomic E-state index is 13.7. The van der Waals surface area contributed by atoms with Gasteiger partial charge in [0.2, 0.25) is 5.95 Å². The van der Waals surface area contributed by atoms with Gasteiger partial charge in [0.05, 0.1) is 12.3 Å². The Morgan fingerprint density at radius 3 is 2.36 bits per heavy atom. The van der Waals surface area contributed by atoms with Crippen molar-refractivity contribution in [2.24, 2.45) is 0 Å². The molecular weight excluding hydrogens is 439 g/mol. The number of rotatable bonds is 4. The van der Waals surface area contributed by atoms with Gasteiger partial charge in [0.1, 0.15) is 11.5 Å². The topological polar surface area (TPSA) is 81.3 Å². The van der Waals surface area contributed by atoms with Crippen molar-refractivity contribution < 1.29 is 23.0 Å². The number of aromatic nitrogens is 2. The van der Waals surface area contributed by atoms with Gasteiger partial charge in [-0.1, -0.05) is 28.1 Å². The molecule has 0 spiro atoms. The summed E-state index contributed by atoms with van der Waals surface area (Å²) in [5, 5.41) is 10.4. The molecule has 9 heteroatoms. The van der Waals surface area contributed by atoms with Crippen LogP contribution in [0.25, 0.3) is 22.4 Å². The second-order valence-corrected chi connectivity index (χ2v) is 6.69. The summed E-state index contributed by atoms with van der Waals surface area (Å²) in [6.07, 6.45) is -4.77. The number of nitrogen functional groups attached to an aromatic ring is 1. The molecule has 0 bridgehead atoms. The molecule has 0 aliphatic heterocycles. The number of anilines is 1. The van der Waals surface area contributed by atoms with Crippen molar-refractivity contribution in [3.63, 3.8) is 0 Å². The van der Waals surface area contributed by atoms with Gasteiger partial charge < -0.3 is 15.6 Å². The molecule has 0 unspecified atom stereocenters. The number of nitrogens with two attached hydrogens (primary N) is 1. The molecule has 146 valence electrons. The number of alkyl halides is 3. The number of hydrogen-bond acceptors (Lipinski definition) is 5. The summed E-state index contributed by atoms with van der Waals surface area (Å²) in [6.45, 7) is 2.15. The zero-order chi connectivity index (χ0) is 20.5. The number of aromatic hydroxyl groups is 1. The van der Waals surface area contributed by atoms with E-state index in [0.29, 0.717) is 16.8 Å². The lowest BCUT2D eigenvalue weighted by Crippen LogP contribution is -2.14. The van der Waals surface area contributed by atoms with Gasteiger partial charge in [-0.15, -0.1) is 0 Å². The van der Waals surface area contributed by atoms with E-state index in [1.807, 2.05) is 0 Å². The number of phenols is 1. The molecule has 0 aliphatic carbocycles. The normalized spacial score (nSPS) is 11.5. The number of ether oxygens (including phenoxy) is 1. The van der Waals surface area contributed by atoms with Crippen LogP contribution in [-0.4, -0.2) is 21.7 Å². The third-order valence-electron chi connectivity index (χ3n) is 3.86. The smallest absolute Gasteiger partial charge is 0.434 e. The summed E-state index contributed by atoms with van der Waals surface area (Å²) < 4.78 is 47.2. The Morgan fingerprint density at radius 2 is 1.79 bits per heavy atom. The van der Waals surface area contributed by atoms with Gasteiger partial charge in [-0.3, -0.25) is 0 Å². The minimum absolute atomic E-state index is 0.0842. The second kappa shape index (κ2) is 7.67. The predicted molar refractivity (Wildman–Crippen MR) is 103 cm³/mol. The van der Waals surface area contributed by atoms with E-state index in [9.17, 15) is 18.3 Å². The van der Waals surface area contributed by atoms with Crippen LogP contribution < -0.4 is 10.5 Å². The number of phenolic OH excluding ortho intramolecular Hbond substituents is 1. The zero-order valence-corrected chi connectivity index (χ0v) is 16.2. The molecule has 0 saturated heterocycles. The van der Waals surface area contributed by atoms with Gasteiger partial charge in [0.25, 0.3) is 0 Å². The van der Waals surface area contributed by atoms with Crippen LogP contribution in [0.4, 0.5) is 19.1 Å². The number of nitrogens with zero attached hydrogens (tertiary/aromatic N) is 2. The largest absolute Gasteiger partial charge is 0.507 e. The Kier molecular flexibility index (Phi) is 5.46. The number of benzene rings is 2. The van der Waals surface area contributed by atoms with Gasteiger partial charge in [0.15, 0.2) is 5.69 Å². The fourth-order valence-electron chi connectivity index (χ4n) is 2.74. The van der Waals surface area contributed by atoms with Gasteiger partial charge in [-0.05, 0) is 36.8 Å². The van der Waals surface area contributed by atoms with Crippen LogP contribution in [0.1, 0.15) is 12.6 Å². The van der Waals surface area contributed by atoms with Gasteiger partial charge in [-0.25, -0.2) is 9.97 Å². The quantitative estimate of drug-likeness (QED) is 0.561. The van der Waals surface area contributed by atoms with E-state index in [2.05, 4.69) is 25.9 Å². The molecule has 0 radical (unpaired) electrons. The molecule has 2 aromatic carbocycles. The molecule has 3 N–H and O–H groups in total. The van der Waals surface area contributed by atoms with E-state index >= 15 is 0 Å². The molecular formula is C19H15BrF3N3O2. The molecule has 5 nitrogen and oxygen atoms in total. The molecule has 28 heavy (non-hydrogen) atoms.